The normalized spacial score (nSPS) is 18.9. The van der Waals surface area contributed by atoms with Crippen molar-refractivity contribution in [3.05, 3.63) is 20.8 Å². The van der Waals surface area contributed by atoms with E-state index in [1.165, 1.54) is 61.8 Å². The number of nitrogens with zero attached hydrogens (tertiary/aromatic N) is 2. The average molecular weight is 360 g/mol. The predicted octanol–water partition coefficient (Wildman–Crippen LogP) is 4.88. The zero-order valence-corrected chi connectivity index (χ0v) is 16.1. The molecule has 0 saturated heterocycles. The fourth-order valence-electron chi connectivity index (χ4n) is 4.39. The predicted molar refractivity (Wildman–Crippen MR) is 106 cm³/mol. The van der Waals surface area contributed by atoms with Crippen LogP contribution in [-0.4, -0.2) is 15.6 Å². The van der Waals surface area contributed by atoms with E-state index in [1.54, 1.807) is 11.3 Å². The highest BCUT2D eigenvalue weighted by molar-refractivity contribution is 7.18. The van der Waals surface area contributed by atoms with Gasteiger partial charge in [0.05, 0.1) is 5.39 Å². The average Bonchev–Trinajstić information content (AvgIpc) is 2.79. The molecule has 1 fully saturated rings. The highest BCUT2D eigenvalue weighted by Crippen LogP contribution is 2.34. The monoisotopic (exact) mass is 359 g/mol. The maximum Gasteiger partial charge on any atom is 0.263 e. The lowest BCUT2D eigenvalue weighted by Crippen LogP contribution is -2.29. The lowest BCUT2D eigenvalue weighted by atomic mass is 9.97. The van der Waals surface area contributed by atoms with E-state index in [0.29, 0.717) is 6.04 Å². The number of hydrogen-bond donors (Lipinski definition) is 1. The summed E-state index contributed by atoms with van der Waals surface area (Å²) < 4.78 is 1.91. The van der Waals surface area contributed by atoms with Crippen molar-refractivity contribution in [2.75, 3.05) is 5.32 Å². The van der Waals surface area contributed by atoms with Crippen LogP contribution in [0, 0.1) is 0 Å². The molecular formula is C20H29N3OS. The summed E-state index contributed by atoms with van der Waals surface area (Å²) in [4.78, 5) is 20.6. The Labute approximate surface area is 153 Å². The molecule has 0 unspecified atom stereocenters. The quantitative estimate of drug-likeness (QED) is 0.791. The molecule has 4 nitrogen and oxygen atoms in total. The molecule has 1 saturated carbocycles. The molecule has 136 valence electrons. The van der Waals surface area contributed by atoms with Gasteiger partial charge in [0.25, 0.3) is 5.56 Å². The minimum Gasteiger partial charge on any atom is -0.353 e. The molecule has 2 aliphatic carbocycles. The first-order chi connectivity index (χ1) is 12.3. The summed E-state index contributed by atoms with van der Waals surface area (Å²) in [6, 6.07) is 0.463. The van der Waals surface area contributed by atoms with Crippen LogP contribution in [0.1, 0.15) is 75.2 Å². The van der Waals surface area contributed by atoms with Gasteiger partial charge < -0.3 is 5.32 Å². The van der Waals surface area contributed by atoms with Crippen molar-refractivity contribution in [1.82, 2.24) is 9.55 Å². The van der Waals surface area contributed by atoms with Crippen LogP contribution in [0.2, 0.25) is 0 Å². The number of nitrogens with one attached hydrogen (secondary N) is 1. The van der Waals surface area contributed by atoms with Crippen LogP contribution in [0.5, 0.6) is 0 Å². The molecule has 2 aromatic rings. The second-order valence-electron chi connectivity index (χ2n) is 7.62. The molecule has 25 heavy (non-hydrogen) atoms. The smallest absolute Gasteiger partial charge is 0.263 e. The zero-order valence-electron chi connectivity index (χ0n) is 15.3. The molecule has 1 N–H and O–H groups in total. The van der Waals surface area contributed by atoms with E-state index in [0.717, 1.165) is 42.0 Å². The van der Waals surface area contributed by atoms with Crippen LogP contribution in [-0.2, 0) is 19.4 Å². The molecule has 0 bridgehead atoms. The Bertz CT molecular complexity index is 799. The number of thiophene rings is 1. The summed E-state index contributed by atoms with van der Waals surface area (Å²) >= 11 is 1.76. The minimum atomic E-state index is 0.183. The molecule has 2 aromatic heterocycles. The van der Waals surface area contributed by atoms with E-state index in [1.807, 2.05) is 4.57 Å². The van der Waals surface area contributed by atoms with Gasteiger partial charge in [0, 0.05) is 17.5 Å². The van der Waals surface area contributed by atoms with Crippen molar-refractivity contribution in [3.8, 4) is 0 Å². The highest BCUT2D eigenvalue weighted by atomic mass is 32.1. The van der Waals surface area contributed by atoms with Crippen LogP contribution in [0.4, 0.5) is 5.95 Å². The summed E-state index contributed by atoms with van der Waals surface area (Å²) in [6.07, 6.45) is 13.2. The first-order valence-corrected chi connectivity index (χ1v) is 10.9. The molecule has 4 rings (SSSR count). The zero-order chi connectivity index (χ0) is 17.2. The van der Waals surface area contributed by atoms with Gasteiger partial charge in [-0.3, -0.25) is 9.36 Å². The number of aromatic nitrogens is 2. The Morgan fingerprint density at radius 2 is 1.88 bits per heavy atom. The molecule has 0 atom stereocenters. The van der Waals surface area contributed by atoms with Gasteiger partial charge in [-0.2, -0.15) is 0 Å². The fraction of sp³-hybridized carbons (Fsp3) is 0.700. The lowest BCUT2D eigenvalue weighted by Gasteiger charge is -2.20. The Kier molecular flexibility index (Phi) is 5.11. The van der Waals surface area contributed by atoms with Crippen LogP contribution in [0.15, 0.2) is 4.79 Å². The fourth-order valence-corrected chi connectivity index (χ4v) is 5.64. The summed E-state index contributed by atoms with van der Waals surface area (Å²) in [5.41, 5.74) is 1.48. The Morgan fingerprint density at radius 1 is 1.12 bits per heavy atom. The lowest BCUT2D eigenvalue weighted by molar-refractivity contribution is 0.591. The molecule has 0 aromatic carbocycles. The number of anilines is 1. The van der Waals surface area contributed by atoms with Crippen molar-refractivity contribution < 1.29 is 0 Å². The van der Waals surface area contributed by atoms with Crippen molar-refractivity contribution in [1.29, 1.82) is 0 Å². The van der Waals surface area contributed by atoms with E-state index >= 15 is 0 Å². The minimum absolute atomic E-state index is 0.183. The summed E-state index contributed by atoms with van der Waals surface area (Å²) in [6.45, 7) is 2.89. The topological polar surface area (TPSA) is 46.9 Å². The molecule has 2 aliphatic rings. The number of fused-ring (bicyclic) bond motifs is 3. The van der Waals surface area contributed by atoms with Crippen LogP contribution in [0.3, 0.4) is 0 Å². The first kappa shape index (κ1) is 17.1. The third-order valence-corrected chi connectivity index (χ3v) is 6.90. The molecule has 0 radical (unpaired) electrons. The summed E-state index contributed by atoms with van der Waals surface area (Å²) in [5.74, 6) is 0.810. The van der Waals surface area contributed by atoms with Gasteiger partial charge in [-0.25, -0.2) is 4.98 Å². The summed E-state index contributed by atoms with van der Waals surface area (Å²) in [5, 5.41) is 4.56. The van der Waals surface area contributed by atoms with Gasteiger partial charge in [-0.1, -0.05) is 32.6 Å². The van der Waals surface area contributed by atoms with Gasteiger partial charge >= 0.3 is 0 Å². The third-order valence-electron chi connectivity index (χ3n) is 5.71. The van der Waals surface area contributed by atoms with Gasteiger partial charge in [0.2, 0.25) is 5.95 Å². The van der Waals surface area contributed by atoms with Crippen molar-refractivity contribution >= 4 is 27.5 Å². The van der Waals surface area contributed by atoms with Gasteiger partial charge in [0.1, 0.15) is 4.83 Å². The number of aryl methyl sites for hydroxylation is 2. The molecule has 0 spiro atoms. The number of hydrogen-bond acceptors (Lipinski definition) is 4. The van der Waals surface area contributed by atoms with Gasteiger partial charge in [-0.05, 0) is 50.5 Å². The Morgan fingerprint density at radius 3 is 2.64 bits per heavy atom. The van der Waals surface area contributed by atoms with E-state index in [9.17, 15) is 4.79 Å². The second-order valence-corrected chi connectivity index (χ2v) is 8.70. The summed E-state index contributed by atoms with van der Waals surface area (Å²) in [7, 11) is 0. The van der Waals surface area contributed by atoms with E-state index in [4.69, 9.17) is 4.98 Å². The number of rotatable bonds is 4. The van der Waals surface area contributed by atoms with Crippen molar-refractivity contribution in [2.45, 2.75) is 90.1 Å². The molecule has 2 heterocycles. The Hall–Kier alpha value is -1.36. The third kappa shape index (κ3) is 3.35. The molecule has 0 amide bonds. The Balaban J connectivity index is 1.77. The second kappa shape index (κ2) is 7.48. The highest BCUT2D eigenvalue weighted by Gasteiger charge is 2.23. The van der Waals surface area contributed by atoms with E-state index in [2.05, 4.69) is 12.2 Å². The van der Waals surface area contributed by atoms with Crippen molar-refractivity contribution in [3.63, 3.8) is 0 Å². The largest absolute Gasteiger partial charge is 0.353 e. The first-order valence-electron chi connectivity index (χ1n) is 10.1. The molecule has 5 heteroatoms. The van der Waals surface area contributed by atoms with Gasteiger partial charge in [-0.15, -0.1) is 11.3 Å². The SMILES string of the molecule is CCCn1c(NC2CCCCCC2)nc2sc3c(c2c1=O)CCCC3. The van der Waals surface area contributed by atoms with Crippen molar-refractivity contribution in [2.24, 2.45) is 0 Å². The molecular weight excluding hydrogens is 330 g/mol. The van der Waals surface area contributed by atoms with Crippen LogP contribution in [0.25, 0.3) is 10.2 Å². The van der Waals surface area contributed by atoms with Crippen LogP contribution >= 0.6 is 11.3 Å². The van der Waals surface area contributed by atoms with Crippen LogP contribution < -0.4 is 10.9 Å². The van der Waals surface area contributed by atoms with E-state index in [-0.39, 0.29) is 5.56 Å². The maximum absolute atomic E-state index is 13.3. The maximum atomic E-state index is 13.3. The van der Waals surface area contributed by atoms with E-state index < -0.39 is 0 Å². The van der Waals surface area contributed by atoms with Gasteiger partial charge in [0.15, 0.2) is 0 Å². The standard InChI is InChI=1S/C20H29N3OS/c1-2-13-23-19(24)17-15-11-7-8-12-16(15)25-18(17)22-20(23)21-14-9-5-3-4-6-10-14/h14H,2-13H2,1H3,(H,21,22). The molecule has 0 aliphatic heterocycles.